The molecule has 2 unspecified atom stereocenters. The van der Waals surface area contributed by atoms with Crippen molar-refractivity contribution < 1.29 is 8.78 Å². The third kappa shape index (κ3) is 5.70. The normalized spacial score (nSPS) is 13.8. The van der Waals surface area contributed by atoms with Gasteiger partial charge >= 0.3 is 0 Å². The predicted molar refractivity (Wildman–Crippen MR) is 107 cm³/mol. The van der Waals surface area contributed by atoms with Crippen LogP contribution in [0.3, 0.4) is 0 Å². The molecule has 0 aliphatic rings. The van der Waals surface area contributed by atoms with Gasteiger partial charge in [0.2, 0.25) is 0 Å². The third-order valence-electron chi connectivity index (χ3n) is 3.63. The number of thiophene rings is 1. The summed E-state index contributed by atoms with van der Waals surface area (Å²) in [5.41, 5.74) is 0.665. The quantitative estimate of drug-likeness (QED) is 0.383. The minimum Gasteiger partial charge on any atom is -0.356 e. The number of nitrogens with one attached hydrogen (secondary N) is 2. The fraction of sp³-hybridized carbons (Fsp3) is 0.353. The Morgan fingerprint density at radius 2 is 1.96 bits per heavy atom. The van der Waals surface area contributed by atoms with E-state index in [-0.39, 0.29) is 30.0 Å². The van der Waals surface area contributed by atoms with E-state index in [1.54, 1.807) is 24.5 Å². The number of guanidine groups is 1. The number of hydrogen-bond acceptors (Lipinski definition) is 2. The summed E-state index contributed by atoms with van der Waals surface area (Å²) >= 11 is 1.73. The lowest BCUT2D eigenvalue weighted by atomic mass is 10.1. The Kier molecular flexibility index (Phi) is 8.61. The molecule has 2 rings (SSSR count). The van der Waals surface area contributed by atoms with Crippen molar-refractivity contribution >= 4 is 41.3 Å². The highest BCUT2D eigenvalue weighted by Crippen LogP contribution is 2.20. The van der Waals surface area contributed by atoms with Crippen LogP contribution < -0.4 is 10.6 Å². The van der Waals surface area contributed by atoms with Crippen LogP contribution in [0.5, 0.6) is 0 Å². The van der Waals surface area contributed by atoms with Crippen LogP contribution in [0.15, 0.2) is 40.7 Å². The summed E-state index contributed by atoms with van der Waals surface area (Å²) in [7, 11) is 1.68. The highest BCUT2D eigenvalue weighted by Gasteiger charge is 2.12. The van der Waals surface area contributed by atoms with Crippen molar-refractivity contribution in [2.75, 3.05) is 13.6 Å². The maximum absolute atomic E-state index is 13.3. The number of halogens is 3. The third-order valence-corrected chi connectivity index (χ3v) is 4.73. The predicted octanol–water partition coefficient (Wildman–Crippen LogP) is 4.67. The summed E-state index contributed by atoms with van der Waals surface area (Å²) in [4.78, 5) is 5.48. The standard InChI is InChI=1S/C17H21F2N3S.HI/c1-11(16-5-4-8-23-16)10-21-17(20-3)22-12(2)13-6-7-14(18)15(19)9-13;/h4-9,11-12H,10H2,1-3H3,(H2,20,21,22);1H. The first-order valence-electron chi connectivity index (χ1n) is 7.46. The smallest absolute Gasteiger partial charge is 0.191 e. The van der Waals surface area contributed by atoms with E-state index in [1.165, 1.54) is 10.9 Å². The monoisotopic (exact) mass is 465 g/mol. The van der Waals surface area contributed by atoms with Gasteiger partial charge in [0.05, 0.1) is 6.04 Å². The maximum atomic E-state index is 13.3. The van der Waals surface area contributed by atoms with Crippen LogP contribution in [0.2, 0.25) is 0 Å². The fourth-order valence-corrected chi connectivity index (χ4v) is 2.97. The van der Waals surface area contributed by atoms with E-state index in [4.69, 9.17) is 0 Å². The maximum Gasteiger partial charge on any atom is 0.191 e. The van der Waals surface area contributed by atoms with Gasteiger partial charge < -0.3 is 10.6 Å². The molecule has 0 amide bonds. The van der Waals surface area contributed by atoms with Gasteiger partial charge in [-0.15, -0.1) is 35.3 Å². The Bertz CT molecular complexity index is 662. The van der Waals surface area contributed by atoms with Crippen molar-refractivity contribution in [2.45, 2.75) is 25.8 Å². The van der Waals surface area contributed by atoms with Gasteiger partial charge in [-0.1, -0.05) is 19.1 Å². The highest BCUT2D eigenvalue weighted by atomic mass is 127. The molecular formula is C17H22F2IN3S. The molecule has 24 heavy (non-hydrogen) atoms. The molecule has 0 radical (unpaired) electrons. The largest absolute Gasteiger partial charge is 0.356 e. The van der Waals surface area contributed by atoms with Crippen molar-refractivity contribution in [3.63, 3.8) is 0 Å². The summed E-state index contributed by atoms with van der Waals surface area (Å²) in [5.74, 6) is -0.684. The zero-order valence-electron chi connectivity index (χ0n) is 13.8. The van der Waals surface area contributed by atoms with Crippen molar-refractivity contribution in [1.29, 1.82) is 0 Å². The van der Waals surface area contributed by atoms with Gasteiger partial charge in [-0.05, 0) is 36.1 Å². The van der Waals surface area contributed by atoms with Gasteiger partial charge in [0, 0.05) is 24.4 Å². The van der Waals surface area contributed by atoms with Crippen molar-refractivity contribution in [3.8, 4) is 0 Å². The van der Waals surface area contributed by atoms with E-state index in [2.05, 4.69) is 34.0 Å². The molecule has 3 nitrogen and oxygen atoms in total. The van der Waals surface area contributed by atoms with Gasteiger partial charge in [-0.3, -0.25) is 4.99 Å². The summed E-state index contributed by atoms with van der Waals surface area (Å²) in [6.45, 7) is 4.76. The first-order chi connectivity index (χ1) is 11.0. The minimum absolute atomic E-state index is 0. The highest BCUT2D eigenvalue weighted by molar-refractivity contribution is 14.0. The lowest BCUT2D eigenvalue weighted by molar-refractivity contribution is 0.504. The lowest BCUT2D eigenvalue weighted by Gasteiger charge is -2.20. The minimum atomic E-state index is -0.842. The topological polar surface area (TPSA) is 36.4 Å². The van der Waals surface area contributed by atoms with Crippen LogP contribution in [0, 0.1) is 11.6 Å². The Labute approximate surface area is 162 Å². The Morgan fingerprint density at radius 1 is 1.21 bits per heavy atom. The average molecular weight is 465 g/mol. The molecule has 1 heterocycles. The van der Waals surface area contributed by atoms with Crippen molar-refractivity contribution in [1.82, 2.24) is 10.6 Å². The number of benzene rings is 1. The second kappa shape index (κ2) is 9.93. The van der Waals surface area contributed by atoms with Crippen LogP contribution in [0.25, 0.3) is 0 Å². The van der Waals surface area contributed by atoms with Gasteiger partial charge in [0.25, 0.3) is 0 Å². The van der Waals surface area contributed by atoms with Crippen LogP contribution >= 0.6 is 35.3 Å². The summed E-state index contributed by atoms with van der Waals surface area (Å²) in [6.07, 6.45) is 0. The van der Waals surface area contributed by atoms with Crippen molar-refractivity contribution in [3.05, 3.63) is 57.8 Å². The number of rotatable bonds is 5. The number of nitrogens with zero attached hydrogens (tertiary/aromatic N) is 1. The molecule has 1 aromatic heterocycles. The molecule has 2 aromatic rings. The zero-order chi connectivity index (χ0) is 16.8. The van der Waals surface area contributed by atoms with E-state index in [0.717, 1.165) is 12.6 Å². The molecule has 0 aliphatic carbocycles. The fourth-order valence-electron chi connectivity index (χ4n) is 2.19. The molecule has 0 fully saturated rings. The van der Waals surface area contributed by atoms with Crippen LogP contribution in [0.4, 0.5) is 8.78 Å². The number of aliphatic imine (C=N–C) groups is 1. The van der Waals surface area contributed by atoms with E-state index < -0.39 is 11.6 Å². The molecule has 0 saturated heterocycles. The number of hydrogen-bond donors (Lipinski definition) is 2. The molecular weight excluding hydrogens is 443 g/mol. The van der Waals surface area contributed by atoms with Crippen LogP contribution in [-0.4, -0.2) is 19.6 Å². The SMILES string of the molecule is CN=C(NCC(C)c1cccs1)NC(C)c1ccc(F)c(F)c1.I. The van der Waals surface area contributed by atoms with E-state index in [9.17, 15) is 8.78 Å². The summed E-state index contributed by atoms with van der Waals surface area (Å²) in [6, 6.07) is 7.86. The molecule has 0 saturated carbocycles. The molecule has 1 aromatic carbocycles. The molecule has 7 heteroatoms. The molecule has 0 bridgehead atoms. The molecule has 2 atom stereocenters. The molecule has 132 valence electrons. The van der Waals surface area contributed by atoms with Gasteiger partial charge in [0.1, 0.15) is 0 Å². The van der Waals surface area contributed by atoms with Crippen LogP contribution in [0.1, 0.15) is 36.2 Å². The van der Waals surface area contributed by atoms with E-state index >= 15 is 0 Å². The Hall–Kier alpha value is -1.22. The molecule has 2 N–H and O–H groups in total. The lowest BCUT2D eigenvalue weighted by Crippen LogP contribution is -2.40. The van der Waals surface area contributed by atoms with Crippen LogP contribution in [-0.2, 0) is 0 Å². The average Bonchev–Trinajstić information content (AvgIpc) is 3.08. The zero-order valence-corrected chi connectivity index (χ0v) is 17.0. The first kappa shape index (κ1) is 20.8. The van der Waals surface area contributed by atoms with E-state index in [1.807, 2.05) is 13.0 Å². The summed E-state index contributed by atoms with van der Waals surface area (Å²) in [5, 5.41) is 8.50. The first-order valence-corrected chi connectivity index (χ1v) is 8.34. The van der Waals surface area contributed by atoms with Gasteiger partial charge in [-0.25, -0.2) is 8.78 Å². The van der Waals surface area contributed by atoms with Gasteiger partial charge in [-0.2, -0.15) is 0 Å². The molecule has 0 aliphatic heterocycles. The van der Waals surface area contributed by atoms with E-state index in [0.29, 0.717) is 17.4 Å². The Morgan fingerprint density at radius 3 is 2.54 bits per heavy atom. The second-order valence-corrected chi connectivity index (χ2v) is 6.39. The summed E-state index contributed by atoms with van der Waals surface area (Å²) < 4.78 is 26.3. The van der Waals surface area contributed by atoms with Crippen molar-refractivity contribution in [2.24, 2.45) is 4.99 Å². The van der Waals surface area contributed by atoms with Gasteiger partial charge in [0.15, 0.2) is 17.6 Å². The molecule has 0 spiro atoms. The Balaban J connectivity index is 0.00000288. The second-order valence-electron chi connectivity index (χ2n) is 5.41.